The van der Waals surface area contributed by atoms with Gasteiger partial charge in [-0.15, -0.1) is 0 Å². The van der Waals surface area contributed by atoms with Crippen LogP contribution in [0.25, 0.3) is 21.9 Å². The molecule has 0 unspecified atom stereocenters. The van der Waals surface area contributed by atoms with Gasteiger partial charge in [-0.25, -0.2) is 4.79 Å². The normalized spacial score (nSPS) is 13.5. The first-order valence-corrected chi connectivity index (χ1v) is 10.9. The van der Waals surface area contributed by atoms with Crippen LogP contribution in [-0.4, -0.2) is 23.5 Å². The number of carboxylic acid groups (broad SMARTS) is 1. The van der Waals surface area contributed by atoms with Crippen molar-refractivity contribution < 1.29 is 23.5 Å². The minimum absolute atomic E-state index is 0.0409. The predicted octanol–water partition coefficient (Wildman–Crippen LogP) is 4.03. The van der Waals surface area contributed by atoms with Crippen molar-refractivity contribution in [2.24, 2.45) is 0 Å². The van der Waals surface area contributed by atoms with E-state index in [1.165, 1.54) is 5.56 Å². The van der Waals surface area contributed by atoms with Crippen LogP contribution in [0.15, 0.2) is 25.8 Å². The Morgan fingerprint density at radius 1 is 1.03 bits per heavy atom. The summed E-state index contributed by atoms with van der Waals surface area (Å²) < 4.78 is 11.5. The Morgan fingerprint density at radius 3 is 2.61 bits per heavy atom. The van der Waals surface area contributed by atoms with E-state index in [0.717, 1.165) is 59.8 Å². The molecule has 0 fully saturated rings. The van der Waals surface area contributed by atoms with Gasteiger partial charge in [0.1, 0.15) is 16.9 Å². The Balaban J connectivity index is 1.51. The van der Waals surface area contributed by atoms with E-state index in [-0.39, 0.29) is 18.7 Å². The SMILES string of the molecule is Cc1c(CC(=O)NCCCCCC(=O)O)c(=O)oc2cc3oc4c(c3cc12)CCCC4. The first kappa shape index (κ1) is 21.2. The Kier molecular flexibility index (Phi) is 6.11. The maximum Gasteiger partial charge on any atom is 0.340 e. The second-order valence-electron chi connectivity index (χ2n) is 8.28. The van der Waals surface area contributed by atoms with Gasteiger partial charge in [0.2, 0.25) is 5.91 Å². The van der Waals surface area contributed by atoms with E-state index in [0.29, 0.717) is 30.5 Å². The van der Waals surface area contributed by atoms with Gasteiger partial charge in [0.15, 0.2) is 0 Å². The second-order valence-corrected chi connectivity index (χ2v) is 8.28. The number of hydrogen-bond donors (Lipinski definition) is 2. The first-order valence-electron chi connectivity index (χ1n) is 10.9. The maximum absolute atomic E-state index is 12.6. The third kappa shape index (κ3) is 4.50. The summed E-state index contributed by atoms with van der Waals surface area (Å²) in [6, 6.07) is 3.82. The van der Waals surface area contributed by atoms with Gasteiger partial charge in [0.05, 0.1) is 12.0 Å². The van der Waals surface area contributed by atoms with Gasteiger partial charge in [0, 0.05) is 41.8 Å². The summed E-state index contributed by atoms with van der Waals surface area (Å²) >= 11 is 0. The summed E-state index contributed by atoms with van der Waals surface area (Å²) in [4.78, 5) is 35.4. The van der Waals surface area contributed by atoms with Crippen molar-refractivity contribution in [3.05, 3.63) is 45.0 Å². The summed E-state index contributed by atoms with van der Waals surface area (Å²) in [7, 11) is 0. The molecule has 3 aromatic rings. The number of rotatable bonds is 8. The lowest BCUT2D eigenvalue weighted by atomic mass is 9.94. The lowest BCUT2D eigenvalue weighted by Crippen LogP contribution is -2.28. The van der Waals surface area contributed by atoms with E-state index < -0.39 is 11.6 Å². The van der Waals surface area contributed by atoms with Crippen LogP contribution in [0.2, 0.25) is 0 Å². The highest BCUT2D eigenvalue weighted by Gasteiger charge is 2.21. The third-order valence-electron chi connectivity index (χ3n) is 6.09. The molecule has 0 bridgehead atoms. The molecule has 0 saturated heterocycles. The van der Waals surface area contributed by atoms with E-state index in [2.05, 4.69) is 5.32 Å². The van der Waals surface area contributed by atoms with Gasteiger partial charge in [-0.05, 0) is 50.7 Å². The zero-order valence-electron chi connectivity index (χ0n) is 17.7. The Bertz CT molecular complexity index is 1200. The number of aryl methyl sites for hydroxylation is 3. The molecule has 0 aliphatic heterocycles. The highest BCUT2D eigenvalue weighted by molar-refractivity contribution is 5.97. The largest absolute Gasteiger partial charge is 0.481 e. The van der Waals surface area contributed by atoms with E-state index in [1.54, 1.807) is 6.07 Å². The maximum atomic E-state index is 12.6. The molecule has 7 nitrogen and oxygen atoms in total. The molecule has 7 heteroatoms. The fraction of sp³-hybridized carbons (Fsp3) is 0.458. The van der Waals surface area contributed by atoms with Crippen molar-refractivity contribution in [1.82, 2.24) is 5.32 Å². The molecule has 0 radical (unpaired) electrons. The number of aliphatic carboxylic acids is 1. The predicted molar refractivity (Wildman–Crippen MR) is 116 cm³/mol. The number of fused-ring (bicyclic) bond motifs is 4. The van der Waals surface area contributed by atoms with Crippen LogP contribution in [0.1, 0.15) is 61.0 Å². The Labute approximate surface area is 179 Å². The van der Waals surface area contributed by atoms with Crippen LogP contribution in [0.4, 0.5) is 0 Å². The molecule has 4 rings (SSSR count). The Morgan fingerprint density at radius 2 is 1.81 bits per heavy atom. The number of hydrogen-bond acceptors (Lipinski definition) is 5. The fourth-order valence-corrected chi connectivity index (χ4v) is 4.38. The summed E-state index contributed by atoms with van der Waals surface area (Å²) in [5.41, 5.74) is 3.09. The monoisotopic (exact) mass is 425 g/mol. The fourth-order valence-electron chi connectivity index (χ4n) is 4.38. The van der Waals surface area contributed by atoms with Gasteiger partial charge in [-0.1, -0.05) is 6.42 Å². The van der Waals surface area contributed by atoms with Crippen LogP contribution in [0.3, 0.4) is 0 Å². The van der Waals surface area contributed by atoms with E-state index in [1.807, 2.05) is 13.0 Å². The molecule has 1 aliphatic carbocycles. The van der Waals surface area contributed by atoms with Gasteiger partial charge in [-0.3, -0.25) is 9.59 Å². The average molecular weight is 425 g/mol. The molecular weight excluding hydrogens is 398 g/mol. The summed E-state index contributed by atoms with van der Waals surface area (Å²) in [6.07, 6.45) is 6.31. The van der Waals surface area contributed by atoms with Crippen molar-refractivity contribution in [2.45, 2.75) is 64.7 Å². The van der Waals surface area contributed by atoms with Gasteiger partial charge in [-0.2, -0.15) is 0 Å². The highest BCUT2D eigenvalue weighted by atomic mass is 16.4. The molecule has 1 aromatic carbocycles. The van der Waals surface area contributed by atoms with Crippen molar-refractivity contribution in [2.75, 3.05) is 6.54 Å². The van der Waals surface area contributed by atoms with Crippen molar-refractivity contribution in [3.8, 4) is 0 Å². The zero-order valence-corrected chi connectivity index (χ0v) is 17.7. The number of carboxylic acids is 1. The van der Waals surface area contributed by atoms with Crippen molar-refractivity contribution in [3.63, 3.8) is 0 Å². The first-order chi connectivity index (χ1) is 14.9. The summed E-state index contributed by atoms with van der Waals surface area (Å²) in [5.74, 6) is -0.0231. The standard InChI is InChI=1S/C24H27NO6/c1-14-16-11-18-15-7-4-5-8-19(15)30-21(18)13-20(16)31-24(29)17(14)12-22(26)25-10-6-2-3-9-23(27)28/h11,13H,2-10,12H2,1H3,(H,25,26)(H,27,28). The average Bonchev–Trinajstić information content (AvgIpc) is 3.09. The number of unbranched alkanes of at least 4 members (excludes halogenated alkanes) is 2. The van der Waals surface area contributed by atoms with Crippen LogP contribution in [0.5, 0.6) is 0 Å². The van der Waals surface area contributed by atoms with E-state index in [9.17, 15) is 14.4 Å². The molecule has 2 aromatic heterocycles. The number of nitrogens with one attached hydrogen (secondary N) is 1. The number of carbonyl (C=O) groups excluding carboxylic acids is 1. The van der Waals surface area contributed by atoms with Crippen LogP contribution in [-0.2, 0) is 28.9 Å². The molecule has 0 saturated carbocycles. The molecule has 0 spiro atoms. The van der Waals surface area contributed by atoms with Crippen molar-refractivity contribution >= 4 is 33.8 Å². The minimum Gasteiger partial charge on any atom is -0.481 e. The lowest BCUT2D eigenvalue weighted by molar-refractivity contribution is -0.137. The molecule has 1 amide bonds. The zero-order chi connectivity index (χ0) is 22.0. The molecular formula is C24H27NO6. The van der Waals surface area contributed by atoms with E-state index >= 15 is 0 Å². The minimum atomic E-state index is -0.809. The number of benzene rings is 1. The van der Waals surface area contributed by atoms with Gasteiger partial charge < -0.3 is 19.3 Å². The molecule has 31 heavy (non-hydrogen) atoms. The Hall–Kier alpha value is -3.09. The van der Waals surface area contributed by atoms with Crippen LogP contribution in [0, 0.1) is 6.92 Å². The highest BCUT2D eigenvalue weighted by Crippen LogP contribution is 2.35. The van der Waals surface area contributed by atoms with Crippen molar-refractivity contribution in [1.29, 1.82) is 0 Å². The summed E-state index contributed by atoms with van der Waals surface area (Å²) in [6.45, 7) is 2.31. The second kappa shape index (κ2) is 8.96. The smallest absolute Gasteiger partial charge is 0.340 e. The summed E-state index contributed by atoms with van der Waals surface area (Å²) in [5, 5.41) is 13.3. The molecule has 2 N–H and O–H groups in total. The molecule has 0 atom stereocenters. The van der Waals surface area contributed by atoms with E-state index in [4.69, 9.17) is 13.9 Å². The lowest BCUT2D eigenvalue weighted by Gasteiger charge is -2.10. The number of carbonyl (C=O) groups is 2. The number of amides is 1. The van der Waals surface area contributed by atoms with Crippen LogP contribution < -0.4 is 10.9 Å². The molecule has 2 heterocycles. The topological polar surface area (TPSA) is 110 Å². The number of furan rings is 1. The van der Waals surface area contributed by atoms with Crippen LogP contribution >= 0.6 is 0 Å². The quantitative estimate of drug-likeness (QED) is 0.416. The molecule has 164 valence electrons. The molecule has 1 aliphatic rings. The third-order valence-corrected chi connectivity index (χ3v) is 6.09. The van der Waals surface area contributed by atoms with Gasteiger partial charge >= 0.3 is 11.6 Å². The van der Waals surface area contributed by atoms with Gasteiger partial charge in [0.25, 0.3) is 0 Å².